The molecular weight excluding hydrogens is 218 g/mol. The minimum Gasteiger partial charge on any atom is -0.493 e. The maximum absolute atomic E-state index is 10.7. The Morgan fingerprint density at radius 2 is 2.29 bits per heavy atom. The molecule has 0 fully saturated rings. The van der Waals surface area contributed by atoms with E-state index in [0.717, 1.165) is 17.7 Å². The van der Waals surface area contributed by atoms with Gasteiger partial charge in [-0.25, -0.2) is 0 Å². The number of rotatable bonds is 4. The van der Waals surface area contributed by atoms with Gasteiger partial charge in [0, 0.05) is 5.56 Å². The first-order chi connectivity index (χ1) is 8.12. The second kappa shape index (κ2) is 4.55. The van der Waals surface area contributed by atoms with E-state index in [1.54, 1.807) is 7.11 Å². The van der Waals surface area contributed by atoms with Crippen molar-refractivity contribution in [1.29, 1.82) is 0 Å². The molecule has 0 spiro atoms. The van der Waals surface area contributed by atoms with Crippen LogP contribution in [-0.4, -0.2) is 32.4 Å². The number of hydrogen-bond donors (Lipinski definition) is 2. The van der Waals surface area contributed by atoms with Gasteiger partial charge >= 0.3 is 0 Å². The van der Waals surface area contributed by atoms with E-state index in [0.29, 0.717) is 24.5 Å². The fraction of sp³-hybridized carbons (Fsp3) is 0.538. The summed E-state index contributed by atoms with van der Waals surface area (Å²) >= 11 is 0. The molecule has 0 radical (unpaired) electrons. The topological polar surface area (TPSA) is 50.7 Å². The fourth-order valence-corrected chi connectivity index (χ4v) is 2.34. The highest BCUT2D eigenvalue weighted by atomic mass is 16.5. The normalized spacial score (nSPS) is 22.1. The van der Waals surface area contributed by atoms with E-state index < -0.39 is 5.60 Å². The van der Waals surface area contributed by atoms with Crippen LogP contribution in [0.4, 0.5) is 0 Å². The lowest BCUT2D eigenvalue weighted by Crippen LogP contribution is -2.31. The molecule has 1 aromatic rings. The summed E-state index contributed by atoms with van der Waals surface area (Å²) in [4.78, 5) is 0. The van der Waals surface area contributed by atoms with Gasteiger partial charge in [0.25, 0.3) is 0 Å². The van der Waals surface area contributed by atoms with Gasteiger partial charge in [-0.1, -0.05) is 6.07 Å². The molecular formula is C13H19NO3. The van der Waals surface area contributed by atoms with Gasteiger partial charge < -0.3 is 19.9 Å². The summed E-state index contributed by atoms with van der Waals surface area (Å²) in [6, 6.07) is 3.83. The molecule has 0 aromatic heterocycles. The van der Waals surface area contributed by atoms with Crippen molar-refractivity contribution in [2.45, 2.75) is 18.9 Å². The van der Waals surface area contributed by atoms with Crippen LogP contribution in [0.3, 0.4) is 0 Å². The summed E-state index contributed by atoms with van der Waals surface area (Å²) in [5, 5.41) is 13.7. The third-order valence-electron chi connectivity index (χ3n) is 3.26. The molecule has 0 amide bonds. The fourth-order valence-electron chi connectivity index (χ4n) is 2.34. The summed E-state index contributed by atoms with van der Waals surface area (Å²) in [7, 11) is 3.48. The highest BCUT2D eigenvalue weighted by Crippen LogP contribution is 2.46. The molecule has 17 heavy (non-hydrogen) atoms. The van der Waals surface area contributed by atoms with Crippen LogP contribution < -0.4 is 14.8 Å². The number of aryl methyl sites for hydroxylation is 1. The predicted octanol–water partition coefficient (Wildman–Crippen LogP) is 1.19. The zero-order valence-corrected chi connectivity index (χ0v) is 10.5. The molecule has 0 saturated heterocycles. The molecule has 4 heteroatoms. The van der Waals surface area contributed by atoms with Crippen molar-refractivity contribution in [2.75, 3.05) is 27.3 Å². The molecule has 2 rings (SSSR count). The summed E-state index contributed by atoms with van der Waals surface area (Å²) in [6.07, 6.45) is 0.629. The van der Waals surface area contributed by atoms with Crippen molar-refractivity contribution in [1.82, 2.24) is 5.32 Å². The van der Waals surface area contributed by atoms with Crippen LogP contribution in [0.5, 0.6) is 11.5 Å². The van der Waals surface area contributed by atoms with Crippen molar-refractivity contribution in [3.63, 3.8) is 0 Å². The second-order valence-electron chi connectivity index (χ2n) is 4.46. The first-order valence-electron chi connectivity index (χ1n) is 5.80. The van der Waals surface area contributed by atoms with Crippen molar-refractivity contribution in [3.05, 3.63) is 23.3 Å². The number of benzene rings is 1. The number of methoxy groups -OCH3 is 1. The molecule has 0 aliphatic carbocycles. The van der Waals surface area contributed by atoms with E-state index in [4.69, 9.17) is 9.47 Å². The van der Waals surface area contributed by atoms with E-state index in [1.807, 2.05) is 26.1 Å². The SMILES string of the molecule is CNCC[C@@]1(O)COc2c(OC)ccc(C)c21. The third-order valence-corrected chi connectivity index (χ3v) is 3.26. The molecule has 1 aliphatic rings. The summed E-state index contributed by atoms with van der Waals surface area (Å²) in [5.41, 5.74) is 1.00. The van der Waals surface area contributed by atoms with Crippen LogP contribution in [0.1, 0.15) is 17.5 Å². The van der Waals surface area contributed by atoms with E-state index >= 15 is 0 Å². The van der Waals surface area contributed by atoms with Gasteiger partial charge in [-0.3, -0.25) is 0 Å². The van der Waals surface area contributed by atoms with Gasteiger partial charge in [0.15, 0.2) is 11.5 Å². The molecule has 1 heterocycles. The number of nitrogens with one attached hydrogen (secondary N) is 1. The number of hydrogen-bond acceptors (Lipinski definition) is 4. The van der Waals surface area contributed by atoms with Gasteiger partial charge in [-0.15, -0.1) is 0 Å². The van der Waals surface area contributed by atoms with Crippen LogP contribution >= 0.6 is 0 Å². The molecule has 1 aromatic carbocycles. The lowest BCUT2D eigenvalue weighted by molar-refractivity contribution is 0.00869. The predicted molar refractivity (Wildman–Crippen MR) is 65.7 cm³/mol. The Morgan fingerprint density at radius 1 is 1.53 bits per heavy atom. The average Bonchev–Trinajstić information content (AvgIpc) is 2.67. The third kappa shape index (κ3) is 1.98. The Hall–Kier alpha value is -1.26. The Labute approximate surface area is 102 Å². The quantitative estimate of drug-likeness (QED) is 0.826. The zero-order valence-electron chi connectivity index (χ0n) is 10.5. The maximum atomic E-state index is 10.7. The molecule has 0 bridgehead atoms. The standard InChI is InChI=1S/C13H19NO3/c1-9-4-5-10(16-3)12-11(9)13(15,8-17-12)6-7-14-2/h4-5,14-15H,6-8H2,1-3H3/t13-/m1/s1. The number of aliphatic hydroxyl groups is 1. The van der Waals surface area contributed by atoms with Gasteiger partial charge in [0.1, 0.15) is 12.2 Å². The Bertz CT molecular complexity index is 419. The van der Waals surface area contributed by atoms with Crippen LogP contribution in [0, 0.1) is 6.92 Å². The average molecular weight is 237 g/mol. The van der Waals surface area contributed by atoms with E-state index in [9.17, 15) is 5.11 Å². The Kier molecular flexibility index (Phi) is 3.26. The van der Waals surface area contributed by atoms with Crippen molar-refractivity contribution < 1.29 is 14.6 Å². The lowest BCUT2D eigenvalue weighted by atomic mass is 9.89. The smallest absolute Gasteiger partial charge is 0.167 e. The minimum atomic E-state index is -0.906. The highest BCUT2D eigenvalue weighted by Gasteiger charge is 2.41. The Balaban J connectivity index is 2.42. The second-order valence-corrected chi connectivity index (χ2v) is 4.46. The van der Waals surface area contributed by atoms with Crippen LogP contribution in [0.2, 0.25) is 0 Å². The maximum Gasteiger partial charge on any atom is 0.167 e. The molecule has 94 valence electrons. The zero-order chi connectivity index (χ0) is 12.5. The van der Waals surface area contributed by atoms with Gasteiger partial charge in [-0.05, 0) is 38.6 Å². The first kappa shape index (κ1) is 12.2. The van der Waals surface area contributed by atoms with Crippen LogP contribution in [-0.2, 0) is 5.60 Å². The number of ether oxygens (including phenoxy) is 2. The van der Waals surface area contributed by atoms with Crippen molar-refractivity contribution in [3.8, 4) is 11.5 Å². The van der Waals surface area contributed by atoms with Gasteiger partial charge in [-0.2, -0.15) is 0 Å². The van der Waals surface area contributed by atoms with E-state index in [-0.39, 0.29) is 0 Å². The first-order valence-corrected chi connectivity index (χ1v) is 5.80. The lowest BCUT2D eigenvalue weighted by Gasteiger charge is -2.22. The monoisotopic (exact) mass is 237 g/mol. The number of fused-ring (bicyclic) bond motifs is 1. The molecule has 0 saturated carbocycles. The molecule has 1 atom stereocenters. The summed E-state index contributed by atoms with van der Waals surface area (Å²) in [6.45, 7) is 3.03. The van der Waals surface area contributed by atoms with E-state index in [1.165, 1.54) is 0 Å². The Morgan fingerprint density at radius 3 is 2.94 bits per heavy atom. The van der Waals surface area contributed by atoms with Crippen LogP contribution in [0.15, 0.2) is 12.1 Å². The van der Waals surface area contributed by atoms with Crippen molar-refractivity contribution in [2.24, 2.45) is 0 Å². The van der Waals surface area contributed by atoms with E-state index in [2.05, 4.69) is 5.32 Å². The van der Waals surface area contributed by atoms with Crippen molar-refractivity contribution >= 4 is 0 Å². The highest BCUT2D eigenvalue weighted by molar-refractivity contribution is 5.55. The molecule has 0 unspecified atom stereocenters. The van der Waals surface area contributed by atoms with Gasteiger partial charge in [0.05, 0.1) is 7.11 Å². The van der Waals surface area contributed by atoms with Crippen LogP contribution in [0.25, 0.3) is 0 Å². The summed E-state index contributed by atoms with van der Waals surface area (Å²) in [5.74, 6) is 1.37. The molecule has 4 nitrogen and oxygen atoms in total. The minimum absolute atomic E-state index is 0.297. The molecule has 1 aliphatic heterocycles. The molecule has 2 N–H and O–H groups in total. The largest absolute Gasteiger partial charge is 0.493 e. The van der Waals surface area contributed by atoms with Gasteiger partial charge in [0.2, 0.25) is 0 Å². The summed E-state index contributed by atoms with van der Waals surface area (Å²) < 4.78 is 10.9.